The van der Waals surface area contributed by atoms with Crippen molar-refractivity contribution < 1.29 is 13.7 Å². The Morgan fingerprint density at radius 2 is 2.00 bits per heavy atom. The number of halogens is 2. The van der Waals surface area contributed by atoms with Gasteiger partial charge in [-0.25, -0.2) is 8.78 Å². The molecule has 2 aromatic carbocycles. The van der Waals surface area contributed by atoms with Gasteiger partial charge >= 0.3 is 0 Å². The van der Waals surface area contributed by atoms with Crippen LogP contribution in [0.4, 0.5) is 14.5 Å². The highest BCUT2D eigenvalue weighted by atomic mass is 19.1. The lowest BCUT2D eigenvalue weighted by Crippen LogP contribution is -1.96. The zero-order valence-corrected chi connectivity index (χ0v) is 9.41. The molecule has 0 fully saturated rings. The Morgan fingerprint density at radius 3 is 2.61 bits per heavy atom. The first kappa shape index (κ1) is 12.2. The number of aryl methyl sites for hydroxylation is 1. The van der Waals surface area contributed by atoms with Crippen molar-refractivity contribution in [3.05, 3.63) is 63.7 Å². The summed E-state index contributed by atoms with van der Waals surface area (Å²) in [7, 11) is 0. The molecule has 0 atom stereocenters. The zero-order chi connectivity index (χ0) is 13.3. The molecule has 91 valence electrons. The van der Waals surface area contributed by atoms with Gasteiger partial charge in [-0.05, 0) is 30.7 Å². The molecule has 2 aromatic rings. The third-order valence-electron chi connectivity index (χ3n) is 2.57. The van der Waals surface area contributed by atoms with Gasteiger partial charge in [0.05, 0.1) is 16.6 Å². The monoisotopic (exact) mass is 248 g/mol. The average molecular weight is 248 g/mol. The van der Waals surface area contributed by atoms with E-state index in [1.165, 1.54) is 12.1 Å². The van der Waals surface area contributed by atoms with Crippen LogP contribution in [0.5, 0.6) is 0 Å². The Hall–Kier alpha value is -2.30. The number of benzene rings is 2. The fourth-order valence-corrected chi connectivity index (χ4v) is 1.76. The first-order chi connectivity index (χ1) is 8.50. The lowest BCUT2D eigenvalue weighted by molar-refractivity contribution is -0.384. The summed E-state index contributed by atoms with van der Waals surface area (Å²) in [6.07, 6.45) is 0. The topological polar surface area (TPSA) is 43.1 Å². The Kier molecular flexibility index (Phi) is 3.06. The van der Waals surface area contributed by atoms with Gasteiger partial charge in [0.2, 0.25) is 0 Å². The molecule has 1 radical (unpaired) electrons. The van der Waals surface area contributed by atoms with Gasteiger partial charge in [-0.2, -0.15) is 0 Å². The van der Waals surface area contributed by atoms with E-state index in [0.29, 0.717) is 11.6 Å². The fraction of sp³-hybridized carbons (Fsp3) is 0.0769. The highest BCUT2D eigenvalue weighted by molar-refractivity contribution is 5.76. The van der Waals surface area contributed by atoms with Gasteiger partial charge in [0, 0.05) is 11.6 Å². The SMILES string of the molecule is Cc1cc[c]c([N+](=O)[O-])c1-c1ccc(F)cc1F. The van der Waals surface area contributed by atoms with Crippen molar-refractivity contribution in [1.82, 2.24) is 0 Å². The van der Waals surface area contributed by atoms with Crippen molar-refractivity contribution in [2.24, 2.45) is 0 Å². The van der Waals surface area contributed by atoms with E-state index in [1.807, 2.05) is 0 Å². The molecule has 0 bridgehead atoms. The molecule has 0 aliphatic carbocycles. The first-order valence-electron chi connectivity index (χ1n) is 5.12. The van der Waals surface area contributed by atoms with E-state index in [2.05, 4.69) is 6.07 Å². The van der Waals surface area contributed by atoms with Crippen LogP contribution in [-0.2, 0) is 0 Å². The highest BCUT2D eigenvalue weighted by Gasteiger charge is 2.20. The second-order valence-corrected chi connectivity index (χ2v) is 3.77. The number of nitro benzene ring substituents is 1. The lowest BCUT2D eigenvalue weighted by atomic mass is 9.98. The van der Waals surface area contributed by atoms with Crippen LogP contribution in [0.3, 0.4) is 0 Å². The van der Waals surface area contributed by atoms with E-state index in [4.69, 9.17) is 0 Å². The number of hydrogen-bond acceptors (Lipinski definition) is 2. The zero-order valence-electron chi connectivity index (χ0n) is 9.41. The lowest BCUT2D eigenvalue weighted by Gasteiger charge is -2.07. The quantitative estimate of drug-likeness (QED) is 0.601. The standard InChI is InChI=1S/C13H8F2NO2/c1-8-3-2-4-12(16(17)18)13(8)10-6-5-9(14)7-11(10)15/h2-3,5-7H,1H3. The molecule has 3 nitrogen and oxygen atoms in total. The summed E-state index contributed by atoms with van der Waals surface area (Å²) in [5.41, 5.74) is 0.337. The number of rotatable bonds is 2. The van der Waals surface area contributed by atoms with Crippen molar-refractivity contribution in [2.45, 2.75) is 6.92 Å². The van der Waals surface area contributed by atoms with Gasteiger partial charge in [-0.15, -0.1) is 0 Å². The molecule has 0 heterocycles. The molecule has 0 aromatic heterocycles. The molecule has 18 heavy (non-hydrogen) atoms. The molecule has 0 aliphatic rings. The van der Waals surface area contributed by atoms with Crippen LogP contribution in [0.15, 0.2) is 30.3 Å². The van der Waals surface area contributed by atoms with Gasteiger partial charge in [-0.1, -0.05) is 6.07 Å². The van der Waals surface area contributed by atoms with Crippen LogP contribution in [0.1, 0.15) is 5.56 Å². The third-order valence-corrected chi connectivity index (χ3v) is 2.57. The smallest absolute Gasteiger partial charge is 0.258 e. The number of nitrogens with zero attached hydrogens (tertiary/aromatic N) is 1. The first-order valence-corrected chi connectivity index (χ1v) is 5.12. The second kappa shape index (κ2) is 4.52. The van der Waals surface area contributed by atoms with Crippen LogP contribution in [-0.4, -0.2) is 4.92 Å². The molecular formula is C13H8F2NO2. The molecule has 0 unspecified atom stereocenters. The largest absolute Gasteiger partial charge is 0.285 e. The van der Waals surface area contributed by atoms with Crippen LogP contribution < -0.4 is 0 Å². The maximum atomic E-state index is 13.7. The Labute approximate surface area is 102 Å². The molecule has 2 rings (SSSR count). The third kappa shape index (κ3) is 2.07. The van der Waals surface area contributed by atoms with Crippen LogP contribution >= 0.6 is 0 Å². The predicted molar refractivity (Wildman–Crippen MR) is 62.0 cm³/mol. The molecule has 0 aliphatic heterocycles. The van der Waals surface area contributed by atoms with Gasteiger partial charge < -0.3 is 0 Å². The minimum atomic E-state index is -0.833. The highest BCUT2D eigenvalue weighted by Crippen LogP contribution is 2.34. The summed E-state index contributed by atoms with van der Waals surface area (Å²) in [4.78, 5) is 10.3. The molecule has 5 heteroatoms. The van der Waals surface area contributed by atoms with E-state index < -0.39 is 16.6 Å². The fourth-order valence-electron chi connectivity index (χ4n) is 1.76. The van der Waals surface area contributed by atoms with Crippen molar-refractivity contribution >= 4 is 5.69 Å². The Bertz CT molecular complexity index is 626. The summed E-state index contributed by atoms with van der Waals surface area (Å²) in [5.74, 6) is -1.56. The minimum absolute atomic E-state index is 0.00236. The molecule has 0 amide bonds. The molecule has 0 saturated heterocycles. The minimum Gasteiger partial charge on any atom is -0.258 e. The number of hydrogen-bond donors (Lipinski definition) is 0. The van der Waals surface area contributed by atoms with E-state index in [0.717, 1.165) is 6.07 Å². The van der Waals surface area contributed by atoms with E-state index in [9.17, 15) is 18.9 Å². The normalized spacial score (nSPS) is 10.4. The van der Waals surface area contributed by atoms with Crippen LogP contribution in [0.2, 0.25) is 0 Å². The number of nitro groups is 1. The molecule has 0 spiro atoms. The Morgan fingerprint density at radius 1 is 1.28 bits per heavy atom. The average Bonchev–Trinajstić information content (AvgIpc) is 2.29. The maximum absolute atomic E-state index is 13.7. The van der Waals surface area contributed by atoms with Crippen molar-refractivity contribution in [1.29, 1.82) is 0 Å². The van der Waals surface area contributed by atoms with Gasteiger partial charge in [0.1, 0.15) is 11.6 Å². The summed E-state index contributed by atoms with van der Waals surface area (Å²) >= 11 is 0. The maximum Gasteiger partial charge on any atom is 0.285 e. The summed E-state index contributed by atoms with van der Waals surface area (Å²) < 4.78 is 26.5. The Balaban J connectivity index is 2.74. The van der Waals surface area contributed by atoms with Gasteiger partial charge in [-0.3, -0.25) is 10.1 Å². The van der Waals surface area contributed by atoms with E-state index >= 15 is 0 Å². The van der Waals surface area contributed by atoms with Crippen molar-refractivity contribution in [3.8, 4) is 11.1 Å². The summed E-state index contributed by atoms with van der Waals surface area (Å²) in [5, 5.41) is 10.9. The van der Waals surface area contributed by atoms with Crippen molar-refractivity contribution in [2.75, 3.05) is 0 Å². The van der Waals surface area contributed by atoms with Crippen molar-refractivity contribution in [3.63, 3.8) is 0 Å². The van der Waals surface area contributed by atoms with Gasteiger partial charge in [0.15, 0.2) is 0 Å². The van der Waals surface area contributed by atoms with Gasteiger partial charge in [0.25, 0.3) is 5.69 Å². The molecule has 0 N–H and O–H groups in total. The summed E-state index contributed by atoms with van der Waals surface area (Å²) in [6.45, 7) is 1.62. The van der Waals surface area contributed by atoms with E-state index in [1.54, 1.807) is 13.0 Å². The molecule has 0 saturated carbocycles. The van der Waals surface area contributed by atoms with Crippen LogP contribution in [0, 0.1) is 34.7 Å². The van der Waals surface area contributed by atoms with Crippen LogP contribution in [0.25, 0.3) is 11.1 Å². The summed E-state index contributed by atoms with van der Waals surface area (Å²) in [6, 6.07) is 8.40. The van der Waals surface area contributed by atoms with E-state index in [-0.39, 0.29) is 16.8 Å². The second-order valence-electron chi connectivity index (χ2n) is 3.77. The predicted octanol–water partition coefficient (Wildman–Crippen LogP) is 3.65. The molecular weight excluding hydrogens is 240 g/mol.